The number of rotatable bonds is 8. The molecule has 0 spiro atoms. The molecule has 0 heterocycles. The highest BCUT2D eigenvalue weighted by molar-refractivity contribution is 5.43. The highest BCUT2D eigenvalue weighted by Gasteiger charge is 2.41. The zero-order valence-corrected chi connectivity index (χ0v) is 13.4. The Morgan fingerprint density at radius 2 is 1.67 bits per heavy atom. The Morgan fingerprint density at radius 3 is 2.19 bits per heavy atom. The zero-order chi connectivity index (χ0) is 14.8. The van der Waals surface area contributed by atoms with Gasteiger partial charge in [-0.2, -0.15) is 0 Å². The van der Waals surface area contributed by atoms with E-state index in [1.807, 2.05) is 6.07 Å². The Labute approximate surface area is 128 Å². The molecule has 0 aromatic heterocycles. The lowest BCUT2D eigenvalue weighted by Gasteiger charge is -2.23. The maximum Gasteiger partial charge on any atom is 0.160 e. The first-order chi connectivity index (χ1) is 10.2. The summed E-state index contributed by atoms with van der Waals surface area (Å²) in [6, 6.07) is 7.51. The van der Waals surface area contributed by atoms with Crippen LogP contribution in [-0.2, 0) is 6.42 Å². The van der Waals surface area contributed by atoms with Crippen LogP contribution in [0.5, 0.6) is 11.5 Å². The van der Waals surface area contributed by atoms with Crippen molar-refractivity contribution in [2.24, 2.45) is 11.8 Å². The van der Waals surface area contributed by atoms with Gasteiger partial charge in [-0.25, -0.2) is 0 Å². The van der Waals surface area contributed by atoms with Gasteiger partial charge < -0.3 is 14.8 Å². The van der Waals surface area contributed by atoms with Crippen LogP contribution >= 0.6 is 0 Å². The normalized spacial score (nSPS) is 19.6. The van der Waals surface area contributed by atoms with E-state index < -0.39 is 0 Å². The van der Waals surface area contributed by atoms with Crippen LogP contribution in [0, 0.1) is 11.8 Å². The molecule has 3 rings (SSSR count). The minimum atomic E-state index is 0.509. The third-order valence-electron chi connectivity index (χ3n) is 4.73. The van der Waals surface area contributed by atoms with Crippen LogP contribution < -0.4 is 14.8 Å². The summed E-state index contributed by atoms with van der Waals surface area (Å²) in [5, 5.41) is 3.88. The predicted octanol–water partition coefficient (Wildman–Crippen LogP) is 3.41. The summed E-state index contributed by atoms with van der Waals surface area (Å²) in [4.78, 5) is 0. The number of hydrogen-bond donors (Lipinski definition) is 1. The largest absolute Gasteiger partial charge is 0.493 e. The van der Waals surface area contributed by atoms with Crippen LogP contribution in [0.3, 0.4) is 0 Å². The van der Waals surface area contributed by atoms with Gasteiger partial charge in [0, 0.05) is 12.1 Å². The van der Waals surface area contributed by atoms with Crippen molar-refractivity contribution in [3.63, 3.8) is 0 Å². The lowest BCUT2D eigenvalue weighted by Crippen LogP contribution is -2.40. The van der Waals surface area contributed by atoms with Gasteiger partial charge >= 0.3 is 0 Å². The van der Waals surface area contributed by atoms with Gasteiger partial charge in [-0.05, 0) is 68.6 Å². The molecule has 1 aromatic rings. The molecule has 2 saturated carbocycles. The van der Waals surface area contributed by atoms with E-state index in [-0.39, 0.29) is 0 Å². The van der Waals surface area contributed by atoms with Crippen molar-refractivity contribution < 1.29 is 9.47 Å². The van der Waals surface area contributed by atoms with E-state index in [1.54, 1.807) is 14.2 Å². The molecule has 0 saturated heterocycles. The highest BCUT2D eigenvalue weighted by Crippen LogP contribution is 2.44. The van der Waals surface area contributed by atoms with Crippen molar-refractivity contribution in [2.45, 2.75) is 51.1 Å². The molecule has 116 valence electrons. The fourth-order valence-corrected chi connectivity index (χ4v) is 3.32. The van der Waals surface area contributed by atoms with Crippen molar-refractivity contribution in [1.82, 2.24) is 5.32 Å². The minimum Gasteiger partial charge on any atom is -0.493 e. The number of methoxy groups -OCH3 is 2. The number of nitrogens with one attached hydrogen (secondary N) is 1. The summed E-state index contributed by atoms with van der Waals surface area (Å²) >= 11 is 0. The van der Waals surface area contributed by atoms with E-state index in [0.29, 0.717) is 6.04 Å². The first kappa shape index (κ1) is 14.7. The van der Waals surface area contributed by atoms with E-state index in [0.717, 1.165) is 35.8 Å². The van der Waals surface area contributed by atoms with Crippen LogP contribution in [0.25, 0.3) is 0 Å². The van der Waals surface area contributed by atoms with Gasteiger partial charge in [-0.3, -0.25) is 0 Å². The summed E-state index contributed by atoms with van der Waals surface area (Å²) in [6.45, 7) is 2.30. The monoisotopic (exact) mass is 289 g/mol. The van der Waals surface area contributed by atoms with Crippen LogP contribution in [-0.4, -0.2) is 26.3 Å². The molecule has 1 unspecified atom stereocenters. The Hall–Kier alpha value is -1.22. The standard InChI is InChI=1S/C18H27NO2/c1-12(19-18(14-5-6-14)15-7-8-15)10-13-4-9-16(20-2)17(11-13)21-3/h4,9,11-12,14-15,18-19H,5-8,10H2,1-3H3. The average Bonchev–Trinajstić information content (AvgIpc) is 3.38. The third kappa shape index (κ3) is 3.70. The van der Waals surface area contributed by atoms with E-state index in [9.17, 15) is 0 Å². The summed E-state index contributed by atoms with van der Waals surface area (Å²) in [6.07, 6.45) is 6.75. The molecular formula is C18H27NO2. The summed E-state index contributed by atoms with van der Waals surface area (Å²) in [7, 11) is 3.37. The van der Waals surface area contributed by atoms with Gasteiger partial charge in [0.25, 0.3) is 0 Å². The third-order valence-corrected chi connectivity index (χ3v) is 4.73. The SMILES string of the molecule is COc1ccc(CC(C)NC(C2CC2)C2CC2)cc1OC. The number of benzene rings is 1. The maximum absolute atomic E-state index is 5.39. The zero-order valence-electron chi connectivity index (χ0n) is 13.4. The smallest absolute Gasteiger partial charge is 0.160 e. The van der Waals surface area contributed by atoms with Crippen molar-refractivity contribution in [3.05, 3.63) is 23.8 Å². The Bertz CT molecular complexity index is 468. The van der Waals surface area contributed by atoms with E-state index in [1.165, 1.54) is 31.2 Å². The van der Waals surface area contributed by atoms with Gasteiger partial charge in [0.05, 0.1) is 14.2 Å². The van der Waals surface area contributed by atoms with E-state index >= 15 is 0 Å². The molecule has 2 aliphatic rings. The van der Waals surface area contributed by atoms with Gasteiger partial charge in [0.15, 0.2) is 11.5 Å². The molecule has 0 radical (unpaired) electrons. The first-order valence-electron chi connectivity index (χ1n) is 8.18. The molecule has 1 N–H and O–H groups in total. The molecule has 0 aliphatic heterocycles. The Kier molecular flexibility index (Phi) is 4.39. The Morgan fingerprint density at radius 1 is 1.05 bits per heavy atom. The fourth-order valence-electron chi connectivity index (χ4n) is 3.32. The Balaban J connectivity index is 1.59. The van der Waals surface area contributed by atoms with Crippen LogP contribution in [0.1, 0.15) is 38.2 Å². The van der Waals surface area contributed by atoms with E-state index in [2.05, 4.69) is 24.4 Å². The number of ether oxygens (including phenoxy) is 2. The summed E-state index contributed by atoms with van der Waals surface area (Å²) in [5.74, 6) is 3.52. The second kappa shape index (κ2) is 6.27. The molecular weight excluding hydrogens is 262 g/mol. The summed E-state index contributed by atoms with van der Waals surface area (Å²) in [5.41, 5.74) is 1.30. The number of hydrogen-bond acceptors (Lipinski definition) is 3. The van der Waals surface area contributed by atoms with Crippen molar-refractivity contribution in [1.29, 1.82) is 0 Å². The van der Waals surface area contributed by atoms with Crippen LogP contribution in [0.15, 0.2) is 18.2 Å². The molecule has 0 amide bonds. The predicted molar refractivity (Wildman–Crippen MR) is 85.1 cm³/mol. The molecule has 0 bridgehead atoms. The topological polar surface area (TPSA) is 30.5 Å². The van der Waals surface area contributed by atoms with Crippen molar-refractivity contribution in [2.75, 3.05) is 14.2 Å². The van der Waals surface area contributed by atoms with Gasteiger partial charge in [0.1, 0.15) is 0 Å². The maximum atomic E-state index is 5.39. The molecule has 2 fully saturated rings. The molecule has 1 atom stereocenters. The van der Waals surface area contributed by atoms with Gasteiger partial charge in [-0.15, -0.1) is 0 Å². The van der Waals surface area contributed by atoms with E-state index in [4.69, 9.17) is 9.47 Å². The fraction of sp³-hybridized carbons (Fsp3) is 0.667. The second-order valence-corrected chi connectivity index (χ2v) is 6.66. The van der Waals surface area contributed by atoms with Crippen LogP contribution in [0.4, 0.5) is 0 Å². The molecule has 3 nitrogen and oxygen atoms in total. The average molecular weight is 289 g/mol. The van der Waals surface area contributed by atoms with Crippen molar-refractivity contribution in [3.8, 4) is 11.5 Å². The van der Waals surface area contributed by atoms with Crippen molar-refractivity contribution >= 4 is 0 Å². The molecule has 1 aromatic carbocycles. The highest BCUT2D eigenvalue weighted by atomic mass is 16.5. The second-order valence-electron chi connectivity index (χ2n) is 6.66. The quantitative estimate of drug-likeness (QED) is 0.795. The minimum absolute atomic E-state index is 0.509. The van der Waals surface area contributed by atoms with Gasteiger partial charge in [-0.1, -0.05) is 6.07 Å². The van der Waals surface area contributed by atoms with Crippen LogP contribution in [0.2, 0.25) is 0 Å². The lowest BCUT2D eigenvalue weighted by molar-refractivity contribution is 0.353. The molecule has 21 heavy (non-hydrogen) atoms. The first-order valence-corrected chi connectivity index (χ1v) is 8.18. The van der Waals surface area contributed by atoms with Gasteiger partial charge in [0.2, 0.25) is 0 Å². The summed E-state index contributed by atoms with van der Waals surface area (Å²) < 4.78 is 10.7. The molecule has 3 heteroatoms. The molecule has 2 aliphatic carbocycles. The lowest BCUT2D eigenvalue weighted by atomic mass is 10.0.